The van der Waals surface area contributed by atoms with Crippen molar-refractivity contribution in [2.45, 2.75) is 35.1 Å². The van der Waals surface area contributed by atoms with Gasteiger partial charge in [-0.25, -0.2) is 0 Å². The molecule has 0 aliphatic heterocycles. The van der Waals surface area contributed by atoms with E-state index < -0.39 is 0 Å². The van der Waals surface area contributed by atoms with E-state index in [0.29, 0.717) is 0 Å². The summed E-state index contributed by atoms with van der Waals surface area (Å²) in [6.07, 6.45) is 0.250. The molecular weight excluding hydrogens is 648 g/mol. The van der Waals surface area contributed by atoms with Crippen LogP contribution in [-0.2, 0) is 9.59 Å². The number of fused-ring (bicyclic) bond motifs is 3. The second-order valence-corrected chi connectivity index (χ2v) is 12.6. The van der Waals surface area contributed by atoms with Crippen molar-refractivity contribution in [3.05, 3.63) is 102 Å². The molecule has 7 heteroatoms. The molecule has 0 aliphatic carbocycles. The van der Waals surface area contributed by atoms with Crippen LogP contribution in [0.2, 0.25) is 0 Å². The summed E-state index contributed by atoms with van der Waals surface area (Å²) in [6, 6.07) is 19.3. The molecule has 3 heterocycles. The number of hydrogen-bond donors (Lipinski definition) is 0. The number of hydrogen-bond acceptors (Lipinski definition) is 5. The van der Waals surface area contributed by atoms with Crippen molar-refractivity contribution >= 4 is 102 Å². The highest BCUT2D eigenvalue weighted by molar-refractivity contribution is 9.11. The maximum absolute atomic E-state index is 8.12. The minimum Gasteiger partial charge on any atom is -0.186 e. The predicted octanol–water partition coefficient (Wildman–Crippen LogP) is 11.5. The maximum atomic E-state index is 8.12. The largest absolute Gasteiger partial charge is 0.373 e. The van der Waals surface area contributed by atoms with E-state index in [1.165, 1.54) is 57.0 Å². The normalized spacial score (nSPS) is 9.78. The summed E-state index contributed by atoms with van der Waals surface area (Å²) in [5.74, 6) is 0. The minimum atomic E-state index is 0. The van der Waals surface area contributed by atoms with Crippen LogP contribution in [-0.4, -0.2) is 6.15 Å². The fourth-order valence-corrected chi connectivity index (χ4v) is 7.91. The van der Waals surface area contributed by atoms with Crippen LogP contribution in [0.3, 0.4) is 0 Å². The van der Waals surface area contributed by atoms with Crippen molar-refractivity contribution in [3.8, 4) is 0 Å². The summed E-state index contributed by atoms with van der Waals surface area (Å²) in [5, 5.41) is 10.7. The van der Waals surface area contributed by atoms with Gasteiger partial charge in [0.15, 0.2) is 0 Å². The fraction of sp³-hybridized carbons (Fsp3) is 0.167. The average molecular weight is 677 g/mol. The molecule has 6 aromatic rings. The number of rotatable bonds is 0. The summed E-state index contributed by atoms with van der Waals surface area (Å²) in [4.78, 5) is 16.2. The fourth-order valence-electron chi connectivity index (χ4n) is 3.60. The van der Waals surface area contributed by atoms with Gasteiger partial charge in [-0.3, -0.25) is 0 Å². The SMILES string of the molecule is C.Cc1ccc2c(C)csc2c1.Cc1csc2cc(Br)ccc12.Cc1csc2cccc(Br)c12.O=C=O. The molecule has 192 valence electrons. The predicted molar refractivity (Wildman–Crippen MR) is 172 cm³/mol. The highest BCUT2D eigenvalue weighted by Gasteiger charge is 2.02. The van der Waals surface area contributed by atoms with Gasteiger partial charge in [-0.1, -0.05) is 63.6 Å². The molecule has 0 bridgehead atoms. The van der Waals surface area contributed by atoms with E-state index in [1.54, 1.807) is 22.7 Å². The zero-order chi connectivity index (χ0) is 26.2. The summed E-state index contributed by atoms with van der Waals surface area (Å²) in [7, 11) is 0. The van der Waals surface area contributed by atoms with Crippen molar-refractivity contribution in [2.75, 3.05) is 0 Å². The zero-order valence-electron chi connectivity index (χ0n) is 20.2. The van der Waals surface area contributed by atoms with Gasteiger partial charge < -0.3 is 0 Å². The molecule has 0 N–H and O–H groups in total. The molecular formula is C30H28Br2O2S3. The summed E-state index contributed by atoms with van der Waals surface area (Å²) < 4.78 is 6.48. The molecule has 0 saturated heterocycles. The van der Waals surface area contributed by atoms with Crippen LogP contribution < -0.4 is 0 Å². The highest BCUT2D eigenvalue weighted by Crippen LogP contribution is 2.31. The molecule has 3 aromatic carbocycles. The van der Waals surface area contributed by atoms with Gasteiger partial charge in [0, 0.05) is 28.4 Å². The van der Waals surface area contributed by atoms with Crippen LogP contribution in [0.5, 0.6) is 0 Å². The van der Waals surface area contributed by atoms with Gasteiger partial charge >= 0.3 is 6.15 Å². The van der Waals surface area contributed by atoms with Crippen molar-refractivity contribution in [1.82, 2.24) is 0 Å². The van der Waals surface area contributed by atoms with Crippen LogP contribution in [0.1, 0.15) is 29.7 Å². The van der Waals surface area contributed by atoms with Crippen LogP contribution in [0.25, 0.3) is 30.3 Å². The first-order chi connectivity index (χ1) is 17.2. The number of aryl methyl sites for hydroxylation is 4. The molecule has 0 unspecified atom stereocenters. The number of carbonyl (C=O) groups excluding carboxylic acids is 2. The van der Waals surface area contributed by atoms with Crippen molar-refractivity contribution in [2.24, 2.45) is 0 Å². The molecule has 0 radical (unpaired) electrons. The van der Waals surface area contributed by atoms with Crippen LogP contribution in [0, 0.1) is 27.7 Å². The molecule has 0 aliphatic rings. The van der Waals surface area contributed by atoms with E-state index in [4.69, 9.17) is 9.59 Å². The standard InChI is InChI=1S/C10H10S.2C9H7BrS.CO2.CH4/c1-7-3-4-9-8(2)6-11-10(9)5-7;1-6-5-11-9-4-7(10)2-3-8(6)9;1-6-5-11-8-4-2-3-7(10)9(6)8;2-1-3;/h3-6H,1-2H3;2*2-5H,1H3;;1H4. The Kier molecular flexibility index (Phi) is 12.4. The van der Waals surface area contributed by atoms with E-state index in [0.717, 1.165) is 4.47 Å². The van der Waals surface area contributed by atoms with Gasteiger partial charge in [0.2, 0.25) is 0 Å². The second-order valence-electron chi connectivity index (χ2n) is 8.09. The first-order valence-electron chi connectivity index (χ1n) is 10.9. The van der Waals surface area contributed by atoms with E-state index in [-0.39, 0.29) is 13.6 Å². The van der Waals surface area contributed by atoms with Gasteiger partial charge in [-0.2, -0.15) is 9.59 Å². The summed E-state index contributed by atoms with van der Waals surface area (Å²) in [5.41, 5.74) is 5.47. The first kappa shape index (κ1) is 31.1. The van der Waals surface area contributed by atoms with Crippen molar-refractivity contribution in [1.29, 1.82) is 0 Å². The second kappa shape index (κ2) is 14.7. The summed E-state index contributed by atoms with van der Waals surface area (Å²) >= 11 is 12.4. The molecule has 37 heavy (non-hydrogen) atoms. The van der Waals surface area contributed by atoms with E-state index in [1.807, 2.05) is 11.3 Å². The van der Waals surface area contributed by atoms with Gasteiger partial charge in [0.1, 0.15) is 0 Å². The average Bonchev–Trinajstić information content (AvgIpc) is 3.53. The Bertz CT molecular complexity index is 1560. The third-order valence-electron chi connectivity index (χ3n) is 5.39. The quantitative estimate of drug-likeness (QED) is 0.160. The van der Waals surface area contributed by atoms with Crippen LogP contribution in [0.15, 0.2) is 79.7 Å². The molecule has 0 fully saturated rings. The van der Waals surface area contributed by atoms with Gasteiger partial charge in [-0.05, 0) is 107 Å². The number of benzene rings is 3. The Hall–Kier alpha value is -2.12. The molecule has 0 atom stereocenters. The topological polar surface area (TPSA) is 34.1 Å². The molecule has 0 spiro atoms. The molecule has 2 nitrogen and oxygen atoms in total. The molecule has 6 rings (SSSR count). The highest BCUT2D eigenvalue weighted by atomic mass is 79.9. The van der Waals surface area contributed by atoms with E-state index >= 15 is 0 Å². The van der Waals surface area contributed by atoms with E-state index in [2.05, 4.69) is 130 Å². The van der Waals surface area contributed by atoms with Gasteiger partial charge in [-0.15, -0.1) is 34.0 Å². The van der Waals surface area contributed by atoms with Crippen LogP contribution in [0.4, 0.5) is 0 Å². The third-order valence-corrected chi connectivity index (χ3v) is 9.73. The number of thiophene rings is 3. The monoisotopic (exact) mass is 674 g/mol. The van der Waals surface area contributed by atoms with E-state index in [9.17, 15) is 0 Å². The lowest BCUT2D eigenvalue weighted by Crippen LogP contribution is -1.70. The van der Waals surface area contributed by atoms with Gasteiger partial charge in [0.05, 0.1) is 0 Å². The molecule has 0 saturated carbocycles. The third kappa shape index (κ3) is 8.18. The Labute approximate surface area is 247 Å². The van der Waals surface area contributed by atoms with Crippen LogP contribution >= 0.6 is 65.9 Å². The maximum Gasteiger partial charge on any atom is 0.373 e. The Morgan fingerprint density at radius 1 is 0.649 bits per heavy atom. The summed E-state index contributed by atoms with van der Waals surface area (Å²) in [6.45, 7) is 8.58. The lowest BCUT2D eigenvalue weighted by Gasteiger charge is -1.93. The first-order valence-corrected chi connectivity index (χ1v) is 15.2. The number of halogens is 2. The lowest BCUT2D eigenvalue weighted by atomic mass is 10.1. The van der Waals surface area contributed by atoms with Crippen molar-refractivity contribution in [3.63, 3.8) is 0 Å². The Morgan fingerprint density at radius 3 is 1.76 bits per heavy atom. The molecule has 0 amide bonds. The lowest BCUT2D eigenvalue weighted by molar-refractivity contribution is -0.191. The molecule has 3 aromatic heterocycles. The van der Waals surface area contributed by atoms with Gasteiger partial charge in [0.25, 0.3) is 0 Å². The van der Waals surface area contributed by atoms with Crippen molar-refractivity contribution < 1.29 is 9.59 Å². The smallest absolute Gasteiger partial charge is 0.186 e. The Balaban J connectivity index is 0.000000183. The Morgan fingerprint density at radius 2 is 1.16 bits per heavy atom. The minimum absolute atomic E-state index is 0. The zero-order valence-corrected chi connectivity index (χ0v) is 25.8.